The molecule has 4 nitrogen and oxygen atoms in total. The van der Waals surface area contributed by atoms with Crippen molar-refractivity contribution >= 4 is 22.5 Å². The van der Waals surface area contributed by atoms with Gasteiger partial charge in [0.15, 0.2) is 0 Å². The van der Waals surface area contributed by atoms with Crippen LogP contribution >= 0.6 is 0 Å². The third kappa shape index (κ3) is 1.88. The second kappa shape index (κ2) is 4.46. The van der Waals surface area contributed by atoms with E-state index in [1.165, 1.54) is 0 Å². The Morgan fingerprint density at radius 1 is 1.44 bits per heavy atom. The van der Waals surface area contributed by atoms with Crippen molar-refractivity contribution < 1.29 is 4.79 Å². The van der Waals surface area contributed by atoms with E-state index < -0.39 is 0 Å². The Morgan fingerprint density at radius 3 is 3.06 bits per heavy atom. The van der Waals surface area contributed by atoms with Crippen LogP contribution in [0.2, 0.25) is 0 Å². The van der Waals surface area contributed by atoms with Crippen LogP contribution in [0.3, 0.4) is 0 Å². The Kier molecular flexibility index (Phi) is 2.80. The summed E-state index contributed by atoms with van der Waals surface area (Å²) in [6.45, 7) is 1.73. The molecule has 4 heteroatoms. The molecule has 2 heterocycles. The maximum Gasteiger partial charge on any atom is 0.228 e. The second-order valence-electron chi connectivity index (χ2n) is 4.85. The first-order valence-electron chi connectivity index (χ1n) is 6.31. The molecule has 0 aliphatic carbocycles. The van der Waals surface area contributed by atoms with Crippen molar-refractivity contribution in [1.82, 2.24) is 9.88 Å². The predicted octanol–water partition coefficient (Wildman–Crippen LogP) is 1.73. The number of benzene rings is 1. The van der Waals surface area contributed by atoms with E-state index in [2.05, 4.69) is 16.7 Å². The Morgan fingerprint density at radius 2 is 2.28 bits per heavy atom. The molecule has 1 aliphatic rings. The molecule has 1 aromatic heterocycles. The maximum absolute atomic E-state index is 12.1. The van der Waals surface area contributed by atoms with Crippen molar-refractivity contribution in [1.29, 1.82) is 0 Å². The van der Waals surface area contributed by atoms with Crippen LogP contribution in [0.1, 0.15) is 6.42 Å². The predicted molar refractivity (Wildman–Crippen MR) is 72.5 cm³/mol. The van der Waals surface area contributed by atoms with E-state index in [4.69, 9.17) is 0 Å². The minimum Gasteiger partial charge on any atom is -0.348 e. The van der Waals surface area contributed by atoms with Crippen molar-refractivity contribution in [3.8, 4) is 0 Å². The number of nitrogens with one attached hydrogen (secondary N) is 2. The van der Waals surface area contributed by atoms with Gasteiger partial charge in [0.2, 0.25) is 5.91 Å². The summed E-state index contributed by atoms with van der Waals surface area (Å²) in [5.74, 6) is 0.223. The summed E-state index contributed by atoms with van der Waals surface area (Å²) in [4.78, 5) is 12.1. The van der Waals surface area contributed by atoms with Gasteiger partial charge in [-0.05, 0) is 19.0 Å². The zero-order valence-electron chi connectivity index (χ0n) is 10.4. The topological polar surface area (TPSA) is 46.1 Å². The molecule has 0 radical (unpaired) electrons. The van der Waals surface area contributed by atoms with E-state index in [0.717, 1.165) is 36.1 Å². The quantitative estimate of drug-likeness (QED) is 0.843. The zero-order chi connectivity index (χ0) is 12.5. The number of carbonyl (C=O) groups excluding carboxylic acids is 1. The molecular formula is C14H17N3O. The lowest BCUT2D eigenvalue weighted by Crippen LogP contribution is -2.24. The molecule has 94 valence electrons. The maximum atomic E-state index is 12.1. The van der Waals surface area contributed by atoms with Gasteiger partial charge in [0.1, 0.15) is 0 Å². The van der Waals surface area contributed by atoms with Crippen LogP contribution in [0.25, 0.3) is 10.9 Å². The standard InChI is InChI=1S/C14H17N3O/c1-17-9-12(11-4-2-3-5-13(11)17)16-14(18)10-6-7-15-8-10/h2-5,9-10,15H,6-8H2,1H3,(H,16,18). The number of amides is 1. The first-order chi connectivity index (χ1) is 8.75. The fourth-order valence-corrected chi connectivity index (χ4v) is 2.55. The molecule has 1 amide bonds. The van der Waals surface area contributed by atoms with Crippen molar-refractivity contribution in [2.24, 2.45) is 13.0 Å². The number of rotatable bonds is 2. The first-order valence-corrected chi connectivity index (χ1v) is 6.31. The number of hydrogen-bond donors (Lipinski definition) is 2. The number of anilines is 1. The highest BCUT2D eigenvalue weighted by atomic mass is 16.1. The molecule has 1 aliphatic heterocycles. The third-order valence-corrected chi connectivity index (χ3v) is 3.59. The van der Waals surface area contributed by atoms with Gasteiger partial charge in [-0.25, -0.2) is 0 Å². The Balaban J connectivity index is 1.88. The van der Waals surface area contributed by atoms with Crippen LogP contribution in [-0.2, 0) is 11.8 Å². The second-order valence-corrected chi connectivity index (χ2v) is 4.85. The average molecular weight is 243 g/mol. The smallest absolute Gasteiger partial charge is 0.228 e. The summed E-state index contributed by atoms with van der Waals surface area (Å²) in [6.07, 6.45) is 2.90. The fourth-order valence-electron chi connectivity index (χ4n) is 2.55. The highest BCUT2D eigenvalue weighted by molar-refractivity contribution is 6.02. The van der Waals surface area contributed by atoms with Crippen LogP contribution < -0.4 is 10.6 Å². The van der Waals surface area contributed by atoms with Crippen LogP contribution in [0.15, 0.2) is 30.5 Å². The van der Waals surface area contributed by atoms with Gasteiger partial charge in [-0.1, -0.05) is 18.2 Å². The van der Waals surface area contributed by atoms with Crippen LogP contribution in [0.4, 0.5) is 5.69 Å². The molecule has 1 saturated heterocycles. The molecule has 1 fully saturated rings. The molecule has 3 rings (SSSR count). The Hall–Kier alpha value is -1.81. The lowest BCUT2D eigenvalue weighted by atomic mass is 10.1. The summed E-state index contributed by atoms with van der Waals surface area (Å²) in [7, 11) is 2.00. The van der Waals surface area contributed by atoms with E-state index in [1.807, 2.05) is 36.0 Å². The molecule has 2 N–H and O–H groups in total. The normalized spacial score (nSPS) is 19.3. The molecule has 1 unspecified atom stereocenters. The van der Waals surface area contributed by atoms with Gasteiger partial charge in [-0.15, -0.1) is 0 Å². The highest BCUT2D eigenvalue weighted by Crippen LogP contribution is 2.25. The largest absolute Gasteiger partial charge is 0.348 e. The molecule has 0 spiro atoms. The van der Waals surface area contributed by atoms with E-state index in [-0.39, 0.29) is 11.8 Å². The van der Waals surface area contributed by atoms with Gasteiger partial charge in [0.05, 0.1) is 11.6 Å². The zero-order valence-corrected chi connectivity index (χ0v) is 10.4. The molecule has 0 saturated carbocycles. The van der Waals surface area contributed by atoms with Crippen molar-refractivity contribution in [3.63, 3.8) is 0 Å². The number of para-hydroxylation sites is 1. The van der Waals surface area contributed by atoms with Gasteiger partial charge in [-0.3, -0.25) is 4.79 Å². The lowest BCUT2D eigenvalue weighted by Gasteiger charge is -2.08. The van der Waals surface area contributed by atoms with Crippen LogP contribution in [0.5, 0.6) is 0 Å². The van der Waals surface area contributed by atoms with Gasteiger partial charge >= 0.3 is 0 Å². The highest BCUT2D eigenvalue weighted by Gasteiger charge is 2.23. The van der Waals surface area contributed by atoms with Gasteiger partial charge in [0, 0.05) is 30.7 Å². The molecule has 2 aromatic rings. The number of nitrogens with zero attached hydrogens (tertiary/aromatic N) is 1. The summed E-state index contributed by atoms with van der Waals surface area (Å²) < 4.78 is 2.04. The van der Waals surface area contributed by atoms with E-state index in [9.17, 15) is 4.79 Å². The number of aromatic nitrogens is 1. The monoisotopic (exact) mass is 243 g/mol. The SMILES string of the molecule is Cn1cc(NC(=O)C2CCNC2)c2ccccc21. The van der Waals surface area contributed by atoms with E-state index in [0.29, 0.717) is 0 Å². The third-order valence-electron chi connectivity index (χ3n) is 3.59. The van der Waals surface area contributed by atoms with Crippen molar-refractivity contribution in [2.75, 3.05) is 18.4 Å². The molecule has 18 heavy (non-hydrogen) atoms. The minimum absolute atomic E-state index is 0.101. The number of aryl methyl sites for hydroxylation is 1. The van der Waals surface area contributed by atoms with Crippen molar-refractivity contribution in [3.05, 3.63) is 30.5 Å². The molecule has 1 aromatic carbocycles. The number of carbonyl (C=O) groups is 1. The first kappa shape index (κ1) is 11.3. The number of hydrogen-bond acceptors (Lipinski definition) is 2. The van der Waals surface area contributed by atoms with Gasteiger partial charge in [-0.2, -0.15) is 0 Å². The summed E-state index contributed by atoms with van der Waals surface area (Å²) in [5, 5.41) is 7.36. The summed E-state index contributed by atoms with van der Waals surface area (Å²) in [6, 6.07) is 8.10. The van der Waals surface area contributed by atoms with E-state index >= 15 is 0 Å². The number of fused-ring (bicyclic) bond motifs is 1. The van der Waals surface area contributed by atoms with Crippen LogP contribution in [-0.4, -0.2) is 23.6 Å². The van der Waals surface area contributed by atoms with Gasteiger partial charge in [0.25, 0.3) is 0 Å². The molecule has 0 bridgehead atoms. The van der Waals surface area contributed by atoms with Gasteiger partial charge < -0.3 is 15.2 Å². The molecule has 1 atom stereocenters. The summed E-state index contributed by atoms with van der Waals surface area (Å²) in [5.41, 5.74) is 2.04. The Bertz CT molecular complexity index is 582. The van der Waals surface area contributed by atoms with Crippen molar-refractivity contribution in [2.45, 2.75) is 6.42 Å². The molecular weight excluding hydrogens is 226 g/mol. The summed E-state index contributed by atoms with van der Waals surface area (Å²) >= 11 is 0. The minimum atomic E-state index is 0.101. The average Bonchev–Trinajstić information content (AvgIpc) is 3.00. The fraction of sp³-hybridized carbons (Fsp3) is 0.357. The lowest BCUT2D eigenvalue weighted by molar-refractivity contribution is -0.119. The van der Waals surface area contributed by atoms with Crippen LogP contribution in [0, 0.1) is 5.92 Å². The Labute approximate surface area is 106 Å². The van der Waals surface area contributed by atoms with E-state index in [1.54, 1.807) is 0 Å².